The number of aromatic nitrogens is 2. The van der Waals surface area contributed by atoms with Gasteiger partial charge in [-0.05, 0) is 55.3 Å². The second-order valence-corrected chi connectivity index (χ2v) is 8.04. The number of rotatable bonds is 5. The van der Waals surface area contributed by atoms with Crippen LogP contribution < -0.4 is 11.1 Å². The molecule has 0 aliphatic heterocycles. The number of anilines is 1. The van der Waals surface area contributed by atoms with Crippen molar-refractivity contribution in [3.63, 3.8) is 0 Å². The molecule has 0 aliphatic rings. The molecule has 0 saturated heterocycles. The number of hydrogen-bond acceptors (Lipinski definition) is 4. The minimum atomic E-state index is -0.461. The van der Waals surface area contributed by atoms with E-state index in [1.807, 2.05) is 65.1 Å². The number of benzene rings is 3. The number of fused-ring (bicyclic) bond motifs is 3. The summed E-state index contributed by atoms with van der Waals surface area (Å²) in [5.41, 5.74) is 13.1. The summed E-state index contributed by atoms with van der Waals surface area (Å²) in [7, 11) is 1.88. The van der Waals surface area contributed by atoms with Gasteiger partial charge in [-0.2, -0.15) is 0 Å². The highest BCUT2D eigenvalue weighted by Crippen LogP contribution is 2.38. The van der Waals surface area contributed by atoms with Crippen LogP contribution in [0, 0.1) is 13.8 Å². The quantitative estimate of drug-likeness (QED) is 0.327. The van der Waals surface area contributed by atoms with Crippen LogP contribution in [-0.4, -0.2) is 22.7 Å². The Bertz CT molecular complexity index is 1460. The predicted molar refractivity (Wildman–Crippen MR) is 139 cm³/mol. The van der Waals surface area contributed by atoms with Gasteiger partial charge >= 0.3 is 0 Å². The molecule has 0 fully saturated rings. The summed E-state index contributed by atoms with van der Waals surface area (Å²) in [6.07, 6.45) is 0. The van der Waals surface area contributed by atoms with Crippen molar-refractivity contribution < 1.29 is 9.32 Å². The molecule has 2 heterocycles. The first kappa shape index (κ1) is 23.1. The van der Waals surface area contributed by atoms with E-state index in [9.17, 15) is 4.79 Å². The first-order chi connectivity index (χ1) is 16.5. The molecule has 0 saturated carbocycles. The topological polar surface area (TPSA) is 86.1 Å². The second-order valence-electron chi connectivity index (χ2n) is 8.04. The zero-order chi connectivity index (χ0) is 24.4. The number of nitrogens with one attached hydrogen (secondary N) is 1. The van der Waals surface area contributed by atoms with Gasteiger partial charge in [-0.1, -0.05) is 49.3 Å². The number of primary amides is 1. The van der Waals surface area contributed by atoms with Crippen LogP contribution in [0.15, 0.2) is 65.2 Å². The van der Waals surface area contributed by atoms with Crippen molar-refractivity contribution in [3.05, 3.63) is 83.2 Å². The number of nitrogens with zero attached hydrogens (tertiary/aromatic N) is 2. The summed E-state index contributed by atoms with van der Waals surface area (Å²) in [6, 6.07) is 20.5. The van der Waals surface area contributed by atoms with E-state index >= 15 is 0 Å². The molecule has 0 spiro atoms. The van der Waals surface area contributed by atoms with Crippen molar-refractivity contribution in [3.8, 4) is 11.1 Å². The zero-order valence-corrected chi connectivity index (χ0v) is 20.3. The zero-order valence-electron chi connectivity index (χ0n) is 20.3. The van der Waals surface area contributed by atoms with Gasteiger partial charge in [0.2, 0.25) is 5.91 Å². The van der Waals surface area contributed by atoms with Crippen molar-refractivity contribution in [2.75, 3.05) is 12.4 Å². The number of aryl methyl sites for hydroxylation is 2. The van der Waals surface area contributed by atoms with E-state index < -0.39 is 5.91 Å². The molecule has 0 bridgehead atoms. The van der Waals surface area contributed by atoms with Gasteiger partial charge in [0.1, 0.15) is 5.76 Å². The summed E-state index contributed by atoms with van der Waals surface area (Å²) in [4.78, 5) is 12.6. The summed E-state index contributed by atoms with van der Waals surface area (Å²) >= 11 is 0. The molecule has 6 heteroatoms. The highest BCUT2D eigenvalue weighted by atomic mass is 16.5. The minimum absolute atomic E-state index is 0.461. The van der Waals surface area contributed by atoms with E-state index in [1.165, 1.54) is 5.56 Å². The van der Waals surface area contributed by atoms with E-state index in [0.29, 0.717) is 17.9 Å². The summed E-state index contributed by atoms with van der Waals surface area (Å²) in [5, 5.41) is 9.14. The first-order valence-electron chi connectivity index (χ1n) is 11.5. The fourth-order valence-electron chi connectivity index (χ4n) is 4.55. The van der Waals surface area contributed by atoms with Gasteiger partial charge in [-0.3, -0.25) is 4.79 Å². The number of carbonyl (C=O) groups is 1. The van der Waals surface area contributed by atoms with E-state index in [-0.39, 0.29) is 0 Å². The summed E-state index contributed by atoms with van der Waals surface area (Å²) in [5.74, 6) is 0.248. The molecule has 1 amide bonds. The Labute approximate surface area is 199 Å². The number of hydrogen-bond donors (Lipinski definition) is 2. The fourth-order valence-corrected chi connectivity index (χ4v) is 4.55. The largest absolute Gasteiger partial charge is 0.388 e. The Morgan fingerprint density at radius 3 is 2.38 bits per heavy atom. The van der Waals surface area contributed by atoms with Gasteiger partial charge < -0.3 is 20.1 Å². The Hall–Kier alpha value is -4.06. The van der Waals surface area contributed by atoms with Crippen LogP contribution in [0.4, 0.5) is 5.69 Å². The molecule has 2 aromatic heterocycles. The van der Waals surface area contributed by atoms with Gasteiger partial charge in [-0.25, -0.2) is 0 Å². The number of amides is 1. The highest BCUT2D eigenvalue weighted by molar-refractivity contribution is 6.19. The fraction of sp³-hybridized carbons (Fsp3) is 0.214. The Kier molecular flexibility index (Phi) is 6.41. The second kappa shape index (κ2) is 9.43. The average molecular weight is 455 g/mol. The molecule has 5 rings (SSSR count). The molecule has 5 aromatic rings. The van der Waals surface area contributed by atoms with E-state index in [4.69, 9.17) is 10.3 Å². The first-order valence-corrected chi connectivity index (χ1v) is 11.5. The van der Waals surface area contributed by atoms with Crippen LogP contribution in [0.1, 0.15) is 41.2 Å². The lowest BCUT2D eigenvalue weighted by atomic mass is 9.97. The monoisotopic (exact) mass is 454 g/mol. The minimum Gasteiger partial charge on any atom is -0.388 e. The Morgan fingerprint density at radius 1 is 1.03 bits per heavy atom. The maximum Gasteiger partial charge on any atom is 0.249 e. The molecule has 0 unspecified atom stereocenters. The van der Waals surface area contributed by atoms with Crippen LogP contribution >= 0.6 is 0 Å². The molecule has 0 atom stereocenters. The Balaban J connectivity index is 0.00000133. The lowest BCUT2D eigenvalue weighted by Gasteiger charge is -2.10. The van der Waals surface area contributed by atoms with Gasteiger partial charge in [0.05, 0.1) is 11.2 Å². The van der Waals surface area contributed by atoms with E-state index in [1.54, 1.807) is 0 Å². The molecule has 174 valence electrons. The van der Waals surface area contributed by atoms with Gasteiger partial charge in [0.25, 0.3) is 0 Å². The SMILES string of the molecule is CC.CNc1ccc2c(c1)c1c(C(N)=O)cc(-c3c(C)noc3C)cc1n2Cc1ccccc1. The van der Waals surface area contributed by atoms with Crippen molar-refractivity contribution in [2.45, 2.75) is 34.2 Å². The third kappa shape index (κ3) is 3.92. The van der Waals surface area contributed by atoms with Crippen LogP contribution in [0.3, 0.4) is 0 Å². The molecule has 3 aromatic carbocycles. The summed E-state index contributed by atoms with van der Waals surface area (Å²) < 4.78 is 7.64. The molecular weight excluding hydrogens is 424 g/mol. The maximum absolute atomic E-state index is 12.6. The van der Waals surface area contributed by atoms with Gasteiger partial charge in [-0.15, -0.1) is 0 Å². The van der Waals surface area contributed by atoms with Crippen molar-refractivity contribution in [1.82, 2.24) is 9.72 Å². The maximum atomic E-state index is 12.6. The van der Waals surface area contributed by atoms with Crippen molar-refractivity contribution >= 4 is 33.4 Å². The number of carbonyl (C=O) groups excluding carboxylic acids is 1. The van der Waals surface area contributed by atoms with Crippen LogP contribution in [0.2, 0.25) is 0 Å². The van der Waals surface area contributed by atoms with Crippen LogP contribution in [-0.2, 0) is 6.54 Å². The van der Waals surface area contributed by atoms with Gasteiger partial charge in [0, 0.05) is 46.7 Å². The van der Waals surface area contributed by atoms with Crippen molar-refractivity contribution in [2.24, 2.45) is 5.73 Å². The average Bonchev–Trinajstić information content (AvgIpc) is 3.36. The molecule has 0 aliphatic carbocycles. The molecular formula is C28H30N4O2. The predicted octanol–water partition coefficient (Wildman–Crippen LogP) is 6.28. The van der Waals surface area contributed by atoms with Crippen LogP contribution in [0.25, 0.3) is 32.9 Å². The lowest BCUT2D eigenvalue weighted by molar-refractivity contribution is 0.100. The molecule has 6 nitrogen and oxygen atoms in total. The third-order valence-electron chi connectivity index (χ3n) is 6.02. The highest BCUT2D eigenvalue weighted by Gasteiger charge is 2.21. The number of nitrogens with two attached hydrogens (primary N) is 1. The van der Waals surface area contributed by atoms with Gasteiger partial charge in [0.15, 0.2) is 0 Å². The van der Waals surface area contributed by atoms with Crippen LogP contribution in [0.5, 0.6) is 0 Å². The molecule has 3 N–H and O–H groups in total. The van der Waals surface area contributed by atoms with Crippen molar-refractivity contribution in [1.29, 1.82) is 0 Å². The standard InChI is InChI=1S/C26H24N4O2.C2H6/c1-15-24(16(2)32-29-15)18-11-21(26(27)31)25-20-13-19(28-3)9-10-22(20)30(23(25)12-18)14-17-7-5-4-6-8-17;1-2/h4-13,28H,14H2,1-3H3,(H2,27,31);1-2H3. The normalized spacial score (nSPS) is 10.9. The smallest absolute Gasteiger partial charge is 0.249 e. The third-order valence-corrected chi connectivity index (χ3v) is 6.02. The molecule has 0 radical (unpaired) electrons. The van der Waals surface area contributed by atoms with E-state index in [0.717, 1.165) is 44.3 Å². The Morgan fingerprint density at radius 2 is 1.76 bits per heavy atom. The summed E-state index contributed by atoms with van der Waals surface area (Å²) in [6.45, 7) is 8.45. The lowest BCUT2D eigenvalue weighted by Crippen LogP contribution is -2.12. The van der Waals surface area contributed by atoms with E-state index in [2.05, 4.69) is 45.4 Å². The molecule has 34 heavy (non-hydrogen) atoms.